The van der Waals surface area contributed by atoms with E-state index in [4.69, 9.17) is 4.74 Å². The first-order valence-electron chi connectivity index (χ1n) is 9.63. The first-order valence-corrected chi connectivity index (χ1v) is 9.63. The molecule has 1 unspecified atom stereocenters. The normalized spacial score (nSPS) is 24.8. The van der Waals surface area contributed by atoms with Crippen molar-refractivity contribution in [1.82, 2.24) is 15.1 Å². The minimum absolute atomic E-state index is 0.000734. The van der Waals surface area contributed by atoms with Crippen molar-refractivity contribution in [3.8, 4) is 5.75 Å². The van der Waals surface area contributed by atoms with Gasteiger partial charge in [-0.25, -0.2) is 4.79 Å². The fourth-order valence-corrected chi connectivity index (χ4v) is 4.88. The lowest BCUT2D eigenvalue weighted by molar-refractivity contribution is -0.141. The van der Waals surface area contributed by atoms with Gasteiger partial charge in [0.2, 0.25) is 5.91 Å². The molecule has 0 aromatic heterocycles. The number of carbonyl (C=O) groups excluding carboxylic acids is 2. The van der Waals surface area contributed by atoms with Crippen molar-refractivity contribution in [2.45, 2.75) is 43.6 Å². The standard InChI is InChI=1S/C20H27N3O3/c1-26-17-8-4-3-7-16(17)20(9-5-2-6-10-20)18(24)22-11-12-23-15(14-22)13-21-19(23)25/h3-4,7-8,15H,2,5-6,9-14H2,1H3,(H,21,25). The van der Waals surface area contributed by atoms with Crippen molar-refractivity contribution in [3.05, 3.63) is 29.8 Å². The van der Waals surface area contributed by atoms with Gasteiger partial charge in [0, 0.05) is 31.7 Å². The second-order valence-corrected chi connectivity index (χ2v) is 7.63. The van der Waals surface area contributed by atoms with Gasteiger partial charge in [0.1, 0.15) is 5.75 Å². The van der Waals surface area contributed by atoms with Gasteiger partial charge in [-0.1, -0.05) is 37.5 Å². The predicted octanol–water partition coefficient (Wildman–Crippen LogP) is 2.13. The third-order valence-corrected chi connectivity index (χ3v) is 6.26. The summed E-state index contributed by atoms with van der Waals surface area (Å²) in [6.45, 7) is 2.47. The molecular formula is C20H27N3O3. The van der Waals surface area contributed by atoms with Gasteiger partial charge in [0.05, 0.1) is 18.6 Å². The number of methoxy groups -OCH3 is 1. The van der Waals surface area contributed by atoms with E-state index in [9.17, 15) is 9.59 Å². The maximum Gasteiger partial charge on any atom is 0.317 e. The summed E-state index contributed by atoms with van der Waals surface area (Å²) < 4.78 is 5.61. The van der Waals surface area contributed by atoms with Crippen LogP contribution in [0.15, 0.2) is 24.3 Å². The minimum Gasteiger partial charge on any atom is -0.496 e. The topological polar surface area (TPSA) is 61.9 Å². The molecule has 1 saturated carbocycles. The molecule has 1 N–H and O–H groups in total. The third kappa shape index (κ3) is 2.72. The first-order chi connectivity index (χ1) is 12.7. The fraction of sp³-hybridized carbons (Fsp3) is 0.600. The van der Waals surface area contributed by atoms with Crippen molar-refractivity contribution < 1.29 is 14.3 Å². The Morgan fingerprint density at radius 1 is 1.19 bits per heavy atom. The third-order valence-electron chi connectivity index (χ3n) is 6.26. The molecule has 1 atom stereocenters. The zero-order valence-corrected chi connectivity index (χ0v) is 15.4. The average Bonchev–Trinajstić information content (AvgIpc) is 3.08. The Labute approximate surface area is 154 Å². The molecule has 140 valence electrons. The first kappa shape index (κ1) is 17.2. The van der Waals surface area contributed by atoms with E-state index in [1.54, 1.807) is 7.11 Å². The van der Waals surface area contributed by atoms with Gasteiger partial charge in [-0.05, 0) is 18.9 Å². The molecule has 0 spiro atoms. The summed E-state index contributed by atoms with van der Waals surface area (Å²) in [6.07, 6.45) is 5.04. The lowest BCUT2D eigenvalue weighted by Crippen LogP contribution is -2.58. The van der Waals surface area contributed by atoms with E-state index in [0.717, 1.165) is 37.0 Å². The van der Waals surface area contributed by atoms with E-state index in [2.05, 4.69) is 11.4 Å². The van der Waals surface area contributed by atoms with Crippen LogP contribution in [0.4, 0.5) is 4.79 Å². The van der Waals surface area contributed by atoms with Gasteiger partial charge < -0.3 is 19.9 Å². The van der Waals surface area contributed by atoms with Crippen LogP contribution in [0, 0.1) is 0 Å². The van der Waals surface area contributed by atoms with E-state index in [0.29, 0.717) is 26.2 Å². The Morgan fingerprint density at radius 2 is 1.96 bits per heavy atom. The van der Waals surface area contributed by atoms with E-state index in [1.165, 1.54) is 6.42 Å². The highest BCUT2D eigenvalue weighted by atomic mass is 16.5. The van der Waals surface area contributed by atoms with Crippen LogP contribution in [0.5, 0.6) is 5.75 Å². The Balaban J connectivity index is 1.64. The molecule has 0 radical (unpaired) electrons. The Morgan fingerprint density at radius 3 is 2.73 bits per heavy atom. The van der Waals surface area contributed by atoms with Gasteiger partial charge in [-0.3, -0.25) is 4.79 Å². The SMILES string of the molecule is COc1ccccc1C1(C(=O)N2CCN3C(=O)NCC3C2)CCCCC1. The van der Waals surface area contributed by atoms with Crippen molar-refractivity contribution >= 4 is 11.9 Å². The molecule has 2 aliphatic heterocycles. The van der Waals surface area contributed by atoms with E-state index >= 15 is 0 Å². The summed E-state index contributed by atoms with van der Waals surface area (Å²) in [4.78, 5) is 29.5. The average molecular weight is 357 g/mol. The predicted molar refractivity (Wildman–Crippen MR) is 98.2 cm³/mol. The number of benzene rings is 1. The number of urea groups is 1. The van der Waals surface area contributed by atoms with E-state index in [1.807, 2.05) is 28.0 Å². The number of carbonyl (C=O) groups is 2. The summed E-state index contributed by atoms with van der Waals surface area (Å²) >= 11 is 0. The van der Waals surface area contributed by atoms with Crippen LogP contribution in [0.3, 0.4) is 0 Å². The van der Waals surface area contributed by atoms with Crippen LogP contribution in [0.2, 0.25) is 0 Å². The molecule has 26 heavy (non-hydrogen) atoms. The number of hydrogen-bond acceptors (Lipinski definition) is 3. The summed E-state index contributed by atoms with van der Waals surface area (Å²) in [6, 6.07) is 8.06. The molecule has 6 heteroatoms. The fourth-order valence-electron chi connectivity index (χ4n) is 4.88. The zero-order valence-electron chi connectivity index (χ0n) is 15.4. The highest BCUT2D eigenvalue weighted by molar-refractivity contribution is 5.90. The van der Waals surface area contributed by atoms with Crippen LogP contribution in [-0.4, -0.2) is 61.1 Å². The lowest BCUT2D eigenvalue weighted by atomic mass is 9.68. The van der Waals surface area contributed by atoms with Crippen LogP contribution in [0.1, 0.15) is 37.7 Å². The van der Waals surface area contributed by atoms with Crippen molar-refractivity contribution in [1.29, 1.82) is 0 Å². The number of fused-ring (bicyclic) bond motifs is 1. The molecule has 6 nitrogen and oxygen atoms in total. The summed E-state index contributed by atoms with van der Waals surface area (Å²) in [7, 11) is 1.68. The molecule has 1 aliphatic carbocycles. The molecule has 2 heterocycles. The summed E-state index contributed by atoms with van der Waals surface area (Å²) in [5, 5.41) is 2.89. The van der Waals surface area contributed by atoms with Crippen LogP contribution in [-0.2, 0) is 10.2 Å². The second kappa shape index (κ2) is 6.82. The number of nitrogens with zero attached hydrogens (tertiary/aromatic N) is 2. The Kier molecular flexibility index (Phi) is 4.51. The van der Waals surface area contributed by atoms with Crippen molar-refractivity contribution in [2.75, 3.05) is 33.3 Å². The molecule has 1 aromatic carbocycles. The molecule has 0 bridgehead atoms. The molecular weight excluding hydrogens is 330 g/mol. The molecule has 3 aliphatic rings. The minimum atomic E-state index is -0.497. The number of ether oxygens (including phenoxy) is 1. The summed E-state index contributed by atoms with van der Waals surface area (Å²) in [5.41, 5.74) is 0.526. The van der Waals surface area contributed by atoms with Gasteiger partial charge in [0.15, 0.2) is 0 Å². The van der Waals surface area contributed by atoms with Crippen LogP contribution >= 0.6 is 0 Å². The van der Waals surface area contributed by atoms with Crippen LogP contribution in [0.25, 0.3) is 0 Å². The Bertz CT molecular complexity index is 699. The van der Waals surface area contributed by atoms with Crippen molar-refractivity contribution in [3.63, 3.8) is 0 Å². The molecule has 1 aromatic rings. The number of amides is 3. The smallest absolute Gasteiger partial charge is 0.317 e. The number of piperazine rings is 1. The second-order valence-electron chi connectivity index (χ2n) is 7.63. The maximum absolute atomic E-state index is 13.8. The quantitative estimate of drug-likeness (QED) is 0.901. The molecule has 3 amide bonds. The van der Waals surface area contributed by atoms with E-state index in [-0.39, 0.29) is 18.0 Å². The van der Waals surface area contributed by atoms with Gasteiger partial charge in [-0.2, -0.15) is 0 Å². The molecule has 4 rings (SSSR count). The number of rotatable bonds is 3. The highest BCUT2D eigenvalue weighted by Gasteiger charge is 2.47. The zero-order chi connectivity index (χ0) is 18.1. The highest BCUT2D eigenvalue weighted by Crippen LogP contribution is 2.44. The number of para-hydroxylation sites is 1. The molecule has 3 fully saturated rings. The number of nitrogens with one attached hydrogen (secondary N) is 1. The lowest BCUT2D eigenvalue weighted by Gasteiger charge is -2.44. The Hall–Kier alpha value is -2.24. The maximum atomic E-state index is 13.8. The van der Waals surface area contributed by atoms with Gasteiger partial charge >= 0.3 is 6.03 Å². The van der Waals surface area contributed by atoms with E-state index < -0.39 is 5.41 Å². The van der Waals surface area contributed by atoms with Gasteiger partial charge in [0.25, 0.3) is 0 Å². The monoisotopic (exact) mass is 357 g/mol. The number of hydrogen-bond donors (Lipinski definition) is 1. The molecule has 2 saturated heterocycles. The van der Waals surface area contributed by atoms with Crippen LogP contribution < -0.4 is 10.1 Å². The largest absolute Gasteiger partial charge is 0.496 e. The summed E-state index contributed by atoms with van der Waals surface area (Å²) in [5.74, 6) is 1.01. The van der Waals surface area contributed by atoms with Crippen molar-refractivity contribution in [2.24, 2.45) is 0 Å². The van der Waals surface area contributed by atoms with Gasteiger partial charge in [-0.15, -0.1) is 0 Å².